The van der Waals surface area contributed by atoms with Gasteiger partial charge in [0.25, 0.3) is 0 Å². The van der Waals surface area contributed by atoms with E-state index < -0.39 is 17.4 Å². The fourth-order valence-electron chi connectivity index (χ4n) is 3.18. The van der Waals surface area contributed by atoms with Crippen molar-refractivity contribution < 1.29 is 26.7 Å². The third kappa shape index (κ3) is 3.52. The first-order valence-corrected chi connectivity index (χ1v) is 9.04. The smallest absolute Gasteiger partial charge is 0.416 e. The van der Waals surface area contributed by atoms with Gasteiger partial charge >= 0.3 is 11.8 Å². The second-order valence-electron chi connectivity index (χ2n) is 6.71. The average molecular weight is 427 g/mol. The summed E-state index contributed by atoms with van der Waals surface area (Å²) in [6.45, 7) is -0.0336. The lowest BCUT2D eigenvalue weighted by molar-refractivity contribution is -0.137. The summed E-state index contributed by atoms with van der Waals surface area (Å²) in [6.07, 6.45) is -1.39. The lowest BCUT2D eigenvalue weighted by atomic mass is 10.1. The number of hydrogen-bond donors (Lipinski definition) is 0. The van der Waals surface area contributed by atoms with Crippen molar-refractivity contribution >= 4 is 21.9 Å². The molecule has 2 aromatic carbocycles. The molecule has 0 aliphatic rings. The molecule has 5 aromatic rings. The summed E-state index contributed by atoms with van der Waals surface area (Å²) < 4.78 is 56.1. The van der Waals surface area contributed by atoms with Gasteiger partial charge < -0.3 is 13.6 Å². The summed E-state index contributed by atoms with van der Waals surface area (Å²) in [5.74, 6) is 0.249. The SMILES string of the molecule is O=c1ccc2cc3ccoc3c(OCc3cn(-c4ccc(C(F)(F)F)cc4)nn3)c2o1. The predicted molar refractivity (Wildman–Crippen MR) is 103 cm³/mol. The van der Waals surface area contributed by atoms with E-state index in [0.29, 0.717) is 22.4 Å². The number of furan rings is 1. The molecule has 0 atom stereocenters. The number of ether oxygens (including phenoxy) is 1. The molecule has 0 bridgehead atoms. The molecule has 0 aliphatic heterocycles. The first kappa shape index (κ1) is 18.9. The van der Waals surface area contributed by atoms with Crippen molar-refractivity contribution in [3.8, 4) is 11.4 Å². The Bertz CT molecular complexity index is 1450. The second kappa shape index (κ2) is 7.01. The van der Waals surface area contributed by atoms with Crippen molar-refractivity contribution in [1.29, 1.82) is 0 Å². The van der Waals surface area contributed by atoms with Crippen molar-refractivity contribution in [3.63, 3.8) is 0 Å². The molecule has 156 valence electrons. The molecule has 3 heterocycles. The Balaban J connectivity index is 1.43. The van der Waals surface area contributed by atoms with Crippen LogP contribution in [-0.4, -0.2) is 15.0 Å². The van der Waals surface area contributed by atoms with E-state index in [-0.39, 0.29) is 17.9 Å². The Hall–Kier alpha value is -4.08. The topological polar surface area (TPSA) is 83.3 Å². The van der Waals surface area contributed by atoms with Crippen LogP contribution in [0, 0.1) is 0 Å². The fourth-order valence-corrected chi connectivity index (χ4v) is 3.18. The van der Waals surface area contributed by atoms with Crippen LogP contribution in [-0.2, 0) is 12.8 Å². The monoisotopic (exact) mass is 427 g/mol. The largest absolute Gasteiger partial charge is 0.480 e. The number of fused-ring (bicyclic) bond motifs is 2. The van der Waals surface area contributed by atoms with Gasteiger partial charge in [0, 0.05) is 16.8 Å². The third-order valence-electron chi connectivity index (χ3n) is 4.65. The highest BCUT2D eigenvalue weighted by Crippen LogP contribution is 2.35. The first-order chi connectivity index (χ1) is 14.9. The molecule has 0 N–H and O–H groups in total. The summed E-state index contributed by atoms with van der Waals surface area (Å²) in [7, 11) is 0. The summed E-state index contributed by atoms with van der Waals surface area (Å²) in [5, 5.41) is 9.35. The molecule has 3 aromatic heterocycles. The summed E-state index contributed by atoms with van der Waals surface area (Å²) in [6, 6.07) is 11.0. The van der Waals surface area contributed by atoms with E-state index in [4.69, 9.17) is 13.6 Å². The van der Waals surface area contributed by atoms with Crippen LogP contribution in [0.4, 0.5) is 13.2 Å². The molecule has 0 fully saturated rings. The molecule has 0 amide bonds. The molecule has 0 saturated heterocycles. The lowest BCUT2D eigenvalue weighted by Gasteiger charge is -2.08. The zero-order chi connectivity index (χ0) is 21.6. The number of alkyl halides is 3. The van der Waals surface area contributed by atoms with Crippen LogP contribution in [0.2, 0.25) is 0 Å². The van der Waals surface area contributed by atoms with Gasteiger partial charge in [0.2, 0.25) is 5.75 Å². The summed E-state index contributed by atoms with van der Waals surface area (Å²) >= 11 is 0. The van der Waals surface area contributed by atoms with E-state index in [9.17, 15) is 18.0 Å². The standard InChI is InChI=1S/C21H12F3N3O4/c22-21(23,24)14-2-4-16(5-3-14)27-10-15(25-26-27)11-30-20-18-13(7-8-29-18)9-12-1-6-17(28)31-19(12)20/h1-10H,11H2. The highest BCUT2D eigenvalue weighted by Gasteiger charge is 2.30. The molecule has 0 aliphatic carbocycles. The van der Waals surface area contributed by atoms with Crippen LogP contribution in [0.25, 0.3) is 27.6 Å². The van der Waals surface area contributed by atoms with Crippen molar-refractivity contribution in [3.05, 3.63) is 82.7 Å². The Morgan fingerprint density at radius 3 is 2.55 bits per heavy atom. The molecule has 0 spiro atoms. The number of halogens is 3. The number of rotatable bonds is 4. The van der Waals surface area contributed by atoms with Gasteiger partial charge in [0.05, 0.1) is 23.7 Å². The normalized spacial score (nSPS) is 12.0. The van der Waals surface area contributed by atoms with Gasteiger partial charge in [-0.2, -0.15) is 13.2 Å². The van der Waals surface area contributed by atoms with Gasteiger partial charge in [0.15, 0.2) is 11.2 Å². The van der Waals surface area contributed by atoms with Crippen LogP contribution in [0.1, 0.15) is 11.3 Å². The highest BCUT2D eigenvalue weighted by atomic mass is 19.4. The van der Waals surface area contributed by atoms with Crippen LogP contribution >= 0.6 is 0 Å². The zero-order valence-electron chi connectivity index (χ0n) is 15.6. The van der Waals surface area contributed by atoms with Gasteiger partial charge in [-0.1, -0.05) is 5.21 Å². The number of nitrogens with zero attached hydrogens (tertiary/aromatic N) is 3. The van der Waals surface area contributed by atoms with E-state index in [1.54, 1.807) is 12.1 Å². The van der Waals surface area contributed by atoms with Gasteiger partial charge in [-0.3, -0.25) is 0 Å². The quantitative estimate of drug-likeness (QED) is 0.386. The van der Waals surface area contributed by atoms with E-state index in [0.717, 1.165) is 17.5 Å². The number of aromatic nitrogens is 3. The summed E-state index contributed by atoms with van der Waals surface area (Å²) in [5.41, 5.74) is 0.199. The Morgan fingerprint density at radius 2 is 1.77 bits per heavy atom. The summed E-state index contributed by atoms with van der Waals surface area (Å²) in [4.78, 5) is 11.7. The van der Waals surface area contributed by atoms with E-state index in [1.165, 1.54) is 35.3 Å². The molecule has 7 nitrogen and oxygen atoms in total. The molecule has 5 rings (SSSR count). The molecular weight excluding hydrogens is 415 g/mol. The molecule has 0 saturated carbocycles. The van der Waals surface area contributed by atoms with Crippen LogP contribution in [0.3, 0.4) is 0 Å². The molecule has 31 heavy (non-hydrogen) atoms. The van der Waals surface area contributed by atoms with Gasteiger partial charge in [0.1, 0.15) is 12.3 Å². The van der Waals surface area contributed by atoms with E-state index >= 15 is 0 Å². The maximum atomic E-state index is 12.7. The third-order valence-corrected chi connectivity index (χ3v) is 4.65. The average Bonchev–Trinajstić information content (AvgIpc) is 3.40. The highest BCUT2D eigenvalue weighted by molar-refractivity contribution is 5.99. The van der Waals surface area contributed by atoms with E-state index in [2.05, 4.69) is 10.3 Å². The van der Waals surface area contributed by atoms with Crippen LogP contribution in [0.15, 0.2) is 74.6 Å². The van der Waals surface area contributed by atoms with Gasteiger partial charge in [-0.25, -0.2) is 9.48 Å². The Labute approximate surface area is 171 Å². The zero-order valence-corrected chi connectivity index (χ0v) is 15.6. The maximum Gasteiger partial charge on any atom is 0.416 e. The van der Waals surface area contributed by atoms with Crippen molar-refractivity contribution in [2.45, 2.75) is 12.8 Å². The molecule has 0 unspecified atom stereocenters. The number of hydrogen-bond acceptors (Lipinski definition) is 6. The Kier molecular flexibility index (Phi) is 4.28. The second-order valence-corrected chi connectivity index (χ2v) is 6.71. The van der Waals surface area contributed by atoms with Gasteiger partial charge in [-0.15, -0.1) is 5.10 Å². The van der Waals surface area contributed by atoms with Crippen LogP contribution < -0.4 is 10.4 Å². The first-order valence-electron chi connectivity index (χ1n) is 9.04. The minimum Gasteiger partial charge on any atom is -0.480 e. The predicted octanol–water partition coefficient (Wildman–Crippen LogP) is 4.72. The van der Waals surface area contributed by atoms with Gasteiger partial charge in [-0.05, 0) is 42.5 Å². The Morgan fingerprint density at radius 1 is 1.00 bits per heavy atom. The van der Waals surface area contributed by atoms with Crippen molar-refractivity contribution in [2.75, 3.05) is 0 Å². The van der Waals surface area contributed by atoms with Crippen molar-refractivity contribution in [2.24, 2.45) is 0 Å². The number of benzene rings is 2. The van der Waals surface area contributed by atoms with Crippen LogP contribution in [0.5, 0.6) is 5.75 Å². The molecular formula is C21H12F3N3O4. The van der Waals surface area contributed by atoms with Crippen molar-refractivity contribution in [1.82, 2.24) is 15.0 Å². The minimum atomic E-state index is -4.41. The molecule has 10 heteroatoms. The minimum absolute atomic E-state index is 0.0336. The maximum absolute atomic E-state index is 12.7. The fraction of sp³-hybridized carbons (Fsp3) is 0.0952. The molecule has 0 radical (unpaired) electrons. The van der Waals surface area contributed by atoms with E-state index in [1.807, 2.05) is 6.07 Å². The lowest BCUT2D eigenvalue weighted by Crippen LogP contribution is -2.05.